The first-order chi connectivity index (χ1) is 11.4. The van der Waals surface area contributed by atoms with Gasteiger partial charge in [-0.15, -0.1) is 11.3 Å². The van der Waals surface area contributed by atoms with Gasteiger partial charge in [-0.3, -0.25) is 0 Å². The normalized spacial score (nSPS) is 16.3. The molecule has 6 nitrogen and oxygen atoms in total. The zero-order valence-electron chi connectivity index (χ0n) is 12.6. The van der Waals surface area contributed by atoms with E-state index in [1.807, 2.05) is 0 Å². The topological polar surface area (TPSA) is 77.9 Å². The van der Waals surface area contributed by atoms with Crippen LogP contribution in [0.25, 0.3) is 0 Å². The van der Waals surface area contributed by atoms with Gasteiger partial charge in [-0.05, 0) is 18.2 Å². The number of hydrogen-bond donors (Lipinski definition) is 1. The number of hydrogen-bond acceptors (Lipinski definition) is 5. The fraction of sp³-hybridized carbons (Fsp3) is 0.267. The van der Waals surface area contributed by atoms with Gasteiger partial charge in [-0.25, -0.2) is 17.6 Å². The lowest BCUT2D eigenvalue weighted by Gasteiger charge is -2.35. The van der Waals surface area contributed by atoms with E-state index in [-0.39, 0.29) is 28.7 Å². The second kappa shape index (κ2) is 6.50. The molecule has 1 saturated heterocycles. The Balaban J connectivity index is 1.73. The summed E-state index contributed by atoms with van der Waals surface area (Å²) in [6.07, 6.45) is 0. The molecule has 2 heterocycles. The lowest BCUT2D eigenvalue weighted by molar-refractivity contribution is 0.0702. The summed E-state index contributed by atoms with van der Waals surface area (Å²) in [5.41, 5.74) is 0.457. The average Bonchev–Trinajstić information content (AvgIpc) is 3.06. The molecule has 1 aromatic heterocycles. The Hall–Kier alpha value is -1.97. The molecule has 2 aromatic rings. The average molecular weight is 370 g/mol. The van der Waals surface area contributed by atoms with Crippen LogP contribution in [0.5, 0.6) is 0 Å². The van der Waals surface area contributed by atoms with E-state index >= 15 is 0 Å². The number of para-hydroxylation sites is 1. The van der Waals surface area contributed by atoms with E-state index in [9.17, 15) is 17.6 Å². The van der Waals surface area contributed by atoms with Crippen LogP contribution < -0.4 is 4.90 Å². The van der Waals surface area contributed by atoms with E-state index in [0.29, 0.717) is 18.8 Å². The maximum atomic E-state index is 13.8. The monoisotopic (exact) mass is 370 g/mol. The van der Waals surface area contributed by atoms with Gasteiger partial charge in [0.2, 0.25) is 10.0 Å². The standard InChI is InChI=1S/C15H15FN2O4S2/c16-12-3-1-2-4-13(12)17-5-7-18(8-6-17)24(21,22)11-9-14(15(19)20)23-10-11/h1-4,9-10H,5-8H2,(H,19,20). The van der Waals surface area contributed by atoms with Crippen LogP contribution in [-0.2, 0) is 10.0 Å². The van der Waals surface area contributed by atoms with Crippen LogP contribution in [0, 0.1) is 5.82 Å². The molecule has 3 rings (SSSR count). The molecule has 0 unspecified atom stereocenters. The van der Waals surface area contributed by atoms with Gasteiger partial charge < -0.3 is 10.0 Å². The quantitative estimate of drug-likeness (QED) is 0.892. The number of halogens is 1. The van der Waals surface area contributed by atoms with Crippen molar-refractivity contribution in [3.63, 3.8) is 0 Å². The molecule has 0 saturated carbocycles. The molecule has 0 atom stereocenters. The van der Waals surface area contributed by atoms with E-state index in [4.69, 9.17) is 5.11 Å². The predicted molar refractivity (Wildman–Crippen MR) is 88.7 cm³/mol. The van der Waals surface area contributed by atoms with Crippen molar-refractivity contribution in [3.05, 3.63) is 46.4 Å². The first kappa shape index (κ1) is 16.9. The van der Waals surface area contributed by atoms with Gasteiger partial charge in [0.15, 0.2) is 0 Å². The molecule has 1 aromatic carbocycles. The van der Waals surface area contributed by atoms with Crippen molar-refractivity contribution < 1.29 is 22.7 Å². The van der Waals surface area contributed by atoms with Crippen molar-refractivity contribution in [1.29, 1.82) is 0 Å². The Morgan fingerprint density at radius 3 is 2.42 bits per heavy atom. The molecular formula is C15H15FN2O4S2. The molecule has 1 aliphatic rings. The summed E-state index contributed by atoms with van der Waals surface area (Å²) in [7, 11) is -3.73. The summed E-state index contributed by atoms with van der Waals surface area (Å²) in [4.78, 5) is 12.7. The summed E-state index contributed by atoms with van der Waals surface area (Å²) in [6, 6.07) is 7.55. The maximum absolute atomic E-state index is 13.8. The summed E-state index contributed by atoms with van der Waals surface area (Å²) in [5.74, 6) is -1.48. The first-order valence-electron chi connectivity index (χ1n) is 7.21. The van der Waals surface area contributed by atoms with Crippen LogP contribution in [0.15, 0.2) is 40.6 Å². The van der Waals surface area contributed by atoms with Crippen molar-refractivity contribution >= 4 is 33.0 Å². The second-order valence-electron chi connectivity index (χ2n) is 5.29. The summed E-state index contributed by atoms with van der Waals surface area (Å²) >= 11 is 0.883. The van der Waals surface area contributed by atoms with E-state index in [1.165, 1.54) is 21.8 Å². The zero-order chi connectivity index (χ0) is 17.3. The number of piperazine rings is 1. The van der Waals surface area contributed by atoms with Crippen LogP contribution in [-0.4, -0.2) is 50.0 Å². The molecular weight excluding hydrogens is 355 g/mol. The van der Waals surface area contributed by atoms with Gasteiger partial charge in [0, 0.05) is 31.6 Å². The highest BCUT2D eigenvalue weighted by Gasteiger charge is 2.30. The largest absolute Gasteiger partial charge is 0.477 e. The van der Waals surface area contributed by atoms with E-state index in [0.717, 1.165) is 11.3 Å². The molecule has 9 heteroatoms. The second-order valence-corrected chi connectivity index (χ2v) is 8.14. The number of aromatic carboxylic acids is 1. The molecule has 0 bridgehead atoms. The van der Waals surface area contributed by atoms with Gasteiger partial charge in [0.05, 0.1) is 10.6 Å². The third-order valence-electron chi connectivity index (χ3n) is 3.86. The molecule has 1 fully saturated rings. The predicted octanol–water partition coefficient (Wildman–Crippen LogP) is 2.10. The minimum absolute atomic E-state index is 0.00996. The Bertz CT molecular complexity index is 858. The van der Waals surface area contributed by atoms with Gasteiger partial charge in [-0.2, -0.15) is 4.31 Å². The molecule has 0 spiro atoms. The van der Waals surface area contributed by atoms with Crippen molar-refractivity contribution in [2.45, 2.75) is 4.90 Å². The van der Waals surface area contributed by atoms with Gasteiger partial charge in [0.1, 0.15) is 10.7 Å². The Morgan fingerprint density at radius 1 is 1.17 bits per heavy atom. The number of sulfonamides is 1. The summed E-state index contributed by atoms with van der Waals surface area (Å²) in [6.45, 7) is 1.18. The highest BCUT2D eigenvalue weighted by atomic mass is 32.2. The molecule has 0 aliphatic carbocycles. The molecule has 0 amide bonds. The van der Waals surface area contributed by atoms with E-state index in [2.05, 4.69) is 0 Å². The molecule has 1 aliphatic heterocycles. The number of rotatable bonds is 4. The molecule has 0 radical (unpaired) electrons. The van der Waals surface area contributed by atoms with Crippen molar-refractivity contribution in [3.8, 4) is 0 Å². The zero-order valence-corrected chi connectivity index (χ0v) is 14.2. The van der Waals surface area contributed by atoms with E-state index < -0.39 is 16.0 Å². The van der Waals surface area contributed by atoms with Crippen LogP contribution in [0.4, 0.5) is 10.1 Å². The highest BCUT2D eigenvalue weighted by Crippen LogP contribution is 2.25. The fourth-order valence-electron chi connectivity index (χ4n) is 2.59. The third kappa shape index (κ3) is 3.14. The van der Waals surface area contributed by atoms with Gasteiger partial charge >= 0.3 is 5.97 Å². The molecule has 24 heavy (non-hydrogen) atoms. The molecule has 128 valence electrons. The lowest BCUT2D eigenvalue weighted by Crippen LogP contribution is -2.48. The molecule has 1 N–H and O–H groups in total. The minimum atomic E-state index is -3.73. The SMILES string of the molecule is O=C(O)c1cc(S(=O)(=O)N2CCN(c3ccccc3F)CC2)cs1. The lowest BCUT2D eigenvalue weighted by atomic mass is 10.2. The number of carboxylic acid groups (broad SMARTS) is 1. The number of benzene rings is 1. The summed E-state index contributed by atoms with van der Waals surface area (Å²) < 4.78 is 40.3. The van der Waals surface area contributed by atoms with Crippen LogP contribution in [0.3, 0.4) is 0 Å². The number of thiophene rings is 1. The third-order valence-corrected chi connectivity index (χ3v) is 6.80. The van der Waals surface area contributed by atoms with E-state index in [1.54, 1.807) is 23.1 Å². The smallest absolute Gasteiger partial charge is 0.345 e. The number of carbonyl (C=O) groups is 1. The fourth-order valence-corrected chi connectivity index (χ4v) is 5.11. The van der Waals surface area contributed by atoms with Crippen molar-refractivity contribution in [2.75, 3.05) is 31.1 Å². The number of nitrogens with zero attached hydrogens (tertiary/aromatic N) is 2. The maximum Gasteiger partial charge on any atom is 0.345 e. The van der Waals surface area contributed by atoms with Gasteiger partial charge in [0.25, 0.3) is 0 Å². The Kier molecular flexibility index (Phi) is 4.57. The van der Waals surface area contributed by atoms with Crippen LogP contribution in [0.1, 0.15) is 9.67 Å². The van der Waals surface area contributed by atoms with Gasteiger partial charge in [-0.1, -0.05) is 12.1 Å². The number of carboxylic acids is 1. The Labute approximate surface area is 142 Å². The first-order valence-corrected chi connectivity index (χ1v) is 9.53. The summed E-state index contributed by atoms with van der Waals surface area (Å²) in [5, 5.41) is 10.3. The van der Waals surface area contributed by atoms with Crippen molar-refractivity contribution in [2.24, 2.45) is 0 Å². The van der Waals surface area contributed by atoms with Crippen molar-refractivity contribution in [1.82, 2.24) is 4.31 Å². The highest BCUT2D eigenvalue weighted by molar-refractivity contribution is 7.89. The van der Waals surface area contributed by atoms with Crippen LogP contribution in [0.2, 0.25) is 0 Å². The Morgan fingerprint density at radius 2 is 1.83 bits per heavy atom. The van der Waals surface area contributed by atoms with Crippen LogP contribution >= 0.6 is 11.3 Å². The number of anilines is 1. The minimum Gasteiger partial charge on any atom is -0.477 e.